The molecule has 0 aliphatic carbocycles. The zero-order valence-corrected chi connectivity index (χ0v) is 18.8. The molecular formula is C22H24ClNO5S. The number of halogens is 1. The molecule has 1 saturated heterocycles. The Labute approximate surface area is 181 Å². The number of ketones is 1. The average molecular weight is 450 g/mol. The van der Waals surface area contributed by atoms with Gasteiger partial charge < -0.3 is 9.47 Å². The normalized spacial score (nSPS) is 18.7. The molecule has 0 aromatic heterocycles. The van der Waals surface area contributed by atoms with E-state index in [1.54, 1.807) is 12.1 Å². The number of Topliss-reactive ketones (excluding diaryl/α,β-unsaturated/α-hetero) is 1. The first-order valence-electron chi connectivity index (χ1n) is 9.82. The second-order valence-corrected chi connectivity index (χ2v) is 10.4. The first kappa shape index (κ1) is 21.2. The van der Waals surface area contributed by atoms with E-state index in [1.807, 2.05) is 26.0 Å². The number of aryl methyl sites for hydroxylation is 2. The van der Waals surface area contributed by atoms with Crippen molar-refractivity contribution in [3.63, 3.8) is 0 Å². The Hall–Kier alpha value is -2.09. The molecule has 1 fully saturated rings. The second-order valence-electron chi connectivity index (χ2n) is 8.04. The Bertz CT molecular complexity index is 1120. The van der Waals surface area contributed by atoms with E-state index in [4.69, 9.17) is 21.1 Å². The van der Waals surface area contributed by atoms with Gasteiger partial charge in [-0.05, 0) is 49.2 Å². The molecule has 2 aliphatic rings. The van der Waals surface area contributed by atoms with Crippen molar-refractivity contribution in [3.05, 3.63) is 52.0 Å². The number of piperidine rings is 1. The Morgan fingerprint density at radius 3 is 2.50 bits per heavy atom. The highest BCUT2D eigenvalue weighted by Gasteiger charge is 2.45. The summed E-state index contributed by atoms with van der Waals surface area (Å²) >= 11 is 6.03. The van der Waals surface area contributed by atoms with Crippen molar-refractivity contribution in [2.24, 2.45) is 0 Å². The zero-order chi connectivity index (χ0) is 21.7. The van der Waals surface area contributed by atoms with Crippen LogP contribution in [0.3, 0.4) is 0 Å². The SMILES string of the molecule is COc1ccc(Cl)cc1S(=O)(=O)N1CCC2(CC1)CC(=O)c1cc(C)cc(C)c1O2. The molecule has 2 aliphatic heterocycles. The molecule has 0 unspecified atom stereocenters. The van der Waals surface area contributed by atoms with Crippen molar-refractivity contribution in [2.45, 2.75) is 43.6 Å². The smallest absolute Gasteiger partial charge is 0.246 e. The fourth-order valence-electron chi connectivity index (χ4n) is 4.34. The molecule has 2 heterocycles. The van der Waals surface area contributed by atoms with Crippen molar-refractivity contribution in [1.29, 1.82) is 0 Å². The first-order chi connectivity index (χ1) is 14.1. The summed E-state index contributed by atoms with van der Waals surface area (Å²) < 4.78 is 39.5. The molecule has 6 nitrogen and oxygen atoms in total. The molecule has 0 radical (unpaired) electrons. The molecule has 30 heavy (non-hydrogen) atoms. The van der Waals surface area contributed by atoms with Gasteiger partial charge in [-0.15, -0.1) is 0 Å². The van der Waals surface area contributed by atoms with Gasteiger partial charge >= 0.3 is 0 Å². The summed E-state index contributed by atoms with van der Waals surface area (Å²) in [4.78, 5) is 12.9. The van der Waals surface area contributed by atoms with E-state index in [9.17, 15) is 13.2 Å². The van der Waals surface area contributed by atoms with Crippen molar-refractivity contribution in [3.8, 4) is 11.5 Å². The number of sulfonamides is 1. The molecular weight excluding hydrogens is 426 g/mol. The highest BCUT2D eigenvalue weighted by molar-refractivity contribution is 7.89. The van der Waals surface area contributed by atoms with Gasteiger partial charge in [0.2, 0.25) is 10.0 Å². The third-order valence-electron chi connectivity index (χ3n) is 5.90. The highest BCUT2D eigenvalue weighted by Crippen LogP contribution is 2.42. The van der Waals surface area contributed by atoms with Gasteiger partial charge in [0, 0.05) is 31.0 Å². The standard InChI is InChI=1S/C22H24ClNO5S/c1-14-10-15(2)21-17(11-14)18(25)13-22(29-21)6-8-24(9-7-22)30(26,27)20-12-16(23)4-5-19(20)28-3/h4-5,10-12H,6-9,13H2,1-3H3. The van der Waals surface area contributed by atoms with Crippen LogP contribution in [0.15, 0.2) is 35.2 Å². The van der Waals surface area contributed by atoms with Gasteiger partial charge in [-0.25, -0.2) is 8.42 Å². The number of nitrogens with zero attached hydrogens (tertiary/aromatic N) is 1. The fourth-order valence-corrected chi connectivity index (χ4v) is 6.20. The van der Waals surface area contributed by atoms with Crippen molar-refractivity contribution in [1.82, 2.24) is 4.31 Å². The number of carbonyl (C=O) groups excluding carboxylic acids is 1. The lowest BCUT2D eigenvalue weighted by Gasteiger charge is -2.44. The number of methoxy groups -OCH3 is 1. The van der Waals surface area contributed by atoms with Crippen molar-refractivity contribution in [2.75, 3.05) is 20.2 Å². The molecule has 2 aromatic rings. The molecule has 1 spiro atoms. The Morgan fingerprint density at radius 2 is 1.83 bits per heavy atom. The maximum atomic E-state index is 13.2. The van der Waals surface area contributed by atoms with Gasteiger partial charge in [0.25, 0.3) is 0 Å². The summed E-state index contributed by atoms with van der Waals surface area (Å²) in [5, 5.41) is 0.325. The minimum Gasteiger partial charge on any atom is -0.495 e. The monoisotopic (exact) mass is 449 g/mol. The lowest BCUT2D eigenvalue weighted by molar-refractivity contribution is 0.00533. The number of carbonyl (C=O) groups is 1. The molecule has 2 aromatic carbocycles. The summed E-state index contributed by atoms with van der Waals surface area (Å²) in [7, 11) is -2.36. The maximum Gasteiger partial charge on any atom is 0.246 e. The molecule has 0 bridgehead atoms. The Kier molecular flexibility index (Phi) is 5.33. The maximum absolute atomic E-state index is 13.2. The van der Waals surface area contributed by atoms with E-state index in [0.29, 0.717) is 29.2 Å². The molecule has 8 heteroatoms. The van der Waals surface area contributed by atoms with Crippen molar-refractivity contribution >= 4 is 27.4 Å². The van der Waals surface area contributed by atoms with E-state index in [0.717, 1.165) is 11.1 Å². The second kappa shape index (κ2) is 7.55. The van der Waals surface area contributed by atoms with Gasteiger partial charge in [-0.1, -0.05) is 17.7 Å². The number of fused-ring (bicyclic) bond motifs is 1. The lowest BCUT2D eigenvalue weighted by atomic mass is 9.82. The highest BCUT2D eigenvalue weighted by atomic mass is 35.5. The molecule has 0 atom stereocenters. The molecule has 160 valence electrons. The Balaban J connectivity index is 1.58. The summed E-state index contributed by atoms with van der Waals surface area (Å²) in [5.41, 5.74) is 1.90. The number of ether oxygens (including phenoxy) is 2. The van der Waals surface area contributed by atoms with Gasteiger partial charge in [-0.2, -0.15) is 4.31 Å². The van der Waals surface area contributed by atoms with E-state index in [2.05, 4.69) is 0 Å². The van der Waals surface area contributed by atoms with E-state index in [1.165, 1.54) is 17.5 Å². The van der Waals surface area contributed by atoms with Crippen LogP contribution in [0.2, 0.25) is 5.02 Å². The molecule has 0 saturated carbocycles. The minimum absolute atomic E-state index is 0.0470. The third kappa shape index (κ3) is 3.59. The van der Waals surface area contributed by atoms with E-state index >= 15 is 0 Å². The van der Waals surface area contributed by atoms with Gasteiger partial charge in [0.15, 0.2) is 5.78 Å². The average Bonchev–Trinajstić information content (AvgIpc) is 2.69. The number of hydrogen-bond acceptors (Lipinski definition) is 5. The van der Waals surface area contributed by atoms with E-state index < -0.39 is 15.6 Å². The van der Waals surface area contributed by atoms with Crippen LogP contribution in [-0.2, 0) is 10.0 Å². The van der Waals surface area contributed by atoms with Crippen LogP contribution in [-0.4, -0.2) is 44.3 Å². The molecule has 0 N–H and O–H groups in total. The summed E-state index contributed by atoms with van der Waals surface area (Å²) in [6.07, 6.45) is 1.14. The quantitative estimate of drug-likeness (QED) is 0.703. The van der Waals surface area contributed by atoms with Gasteiger partial charge in [-0.3, -0.25) is 4.79 Å². The summed E-state index contributed by atoms with van der Waals surface area (Å²) in [6.45, 7) is 4.40. The minimum atomic E-state index is -3.79. The molecule has 0 amide bonds. The lowest BCUT2D eigenvalue weighted by Crippen LogP contribution is -2.52. The largest absolute Gasteiger partial charge is 0.495 e. The van der Waals surface area contributed by atoms with Crippen LogP contribution >= 0.6 is 11.6 Å². The summed E-state index contributed by atoms with van der Waals surface area (Å²) in [5.74, 6) is 0.934. The van der Waals surface area contributed by atoms with Gasteiger partial charge in [0.1, 0.15) is 22.0 Å². The van der Waals surface area contributed by atoms with E-state index in [-0.39, 0.29) is 35.9 Å². The predicted octanol–water partition coefficient (Wildman–Crippen LogP) is 4.15. The molecule has 4 rings (SSSR count). The topological polar surface area (TPSA) is 72.9 Å². The predicted molar refractivity (Wildman–Crippen MR) is 114 cm³/mol. The third-order valence-corrected chi connectivity index (χ3v) is 8.05. The number of rotatable bonds is 3. The van der Waals surface area contributed by atoms with Gasteiger partial charge in [0.05, 0.1) is 19.1 Å². The first-order valence-corrected chi connectivity index (χ1v) is 11.6. The van der Waals surface area contributed by atoms with Crippen molar-refractivity contribution < 1.29 is 22.7 Å². The number of benzene rings is 2. The number of hydrogen-bond donors (Lipinski definition) is 0. The van der Waals surface area contributed by atoms with Crippen LogP contribution in [0.25, 0.3) is 0 Å². The van der Waals surface area contributed by atoms with Crippen LogP contribution in [0.1, 0.15) is 40.7 Å². The Morgan fingerprint density at radius 1 is 1.13 bits per heavy atom. The van der Waals surface area contributed by atoms with Crippen LogP contribution in [0, 0.1) is 13.8 Å². The summed E-state index contributed by atoms with van der Waals surface area (Å²) in [6, 6.07) is 8.40. The van der Waals surface area contributed by atoms with Crippen LogP contribution in [0.4, 0.5) is 0 Å². The fraction of sp³-hybridized carbons (Fsp3) is 0.409. The van der Waals surface area contributed by atoms with Crippen LogP contribution < -0.4 is 9.47 Å². The zero-order valence-electron chi connectivity index (χ0n) is 17.2. The van der Waals surface area contributed by atoms with Crippen LogP contribution in [0.5, 0.6) is 11.5 Å².